The Bertz CT molecular complexity index is 1540. The quantitative estimate of drug-likeness (QED) is 0.255. The summed E-state index contributed by atoms with van der Waals surface area (Å²) in [6, 6.07) is 20.3. The van der Waals surface area contributed by atoms with Crippen molar-refractivity contribution in [2.24, 2.45) is 0 Å². The highest BCUT2D eigenvalue weighted by molar-refractivity contribution is 7.80. The zero-order valence-corrected chi connectivity index (χ0v) is 20.3. The van der Waals surface area contributed by atoms with Gasteiger partial charge in [0.2, 0.25) is 0 Å². The van der Waals surface area contributed by atoms with Gasteiger partial charge >= 0.3 is 0 Å². The number of rotatable bonds is 7. The van der Waals surface area contributed by atoms with E-state index >= 15 is 0 Å². The zero-order valence-electron chi connectivity index (χ0n) is 18.6. The van der Waals surface area contributed by atoms with Gasteiger partial charge in [-0.05, 0) is 72.1 Å². The van der Waals surface area contributed by atoms with E-state index in [-0.39, 0.29) is 5.82 Å². The molecule has 0 aliphatic rings. The minimum absolute atomic E-state index is 0.248. The number of anilines is 2. The van der Waals surface area contributed by atoms with Crippen LogP contribution < -0.4 is 10.0 Å². The first-order valence-corrected chi connectivity index (χ1v) is 12.7. The molecule has 5 aromatic rings. The van der Waals surface area contributed by atoms with Crippen LogP contribution in [0.5, 0.6) is 0 Å². The highest BCUT2D eigenvalue weighted by atomic mass is 32.2. The Hall–Kier alpha value is -3.66. The molecular weight excluding hydrogens is 483 g/mol. The van der Waals surface area contributed by atoms with Crippen LogP contribution in [0.2, 0.25) is 0 Å². The van der Waals surface area contributed by atoms with Crippen molar-refractivity contribution in [2.75, 3.05) is 10.0 Å². The normalized spacial score (nSPS) is 12.0. The van der Waals surface area contributed by atoms with E-state index < -0.39 is 11.3 Å². The fourth-order valence-electron chi connectivity index (χ4n) is 3.82. The molecule has 0 radical (unpaired) electrons. The fourth-order valence-corrected chi connectivity index (χ4v) is 4.86. The molecule has 2 aromatic heterocycles. The summed E-state index contributed by atoms with van der Waals surface area (Å²) in [7, 11) is 0. The van der Waals surface area contributed by atoms with Gasteiger partial charge in [0, 0.05) is 34.6 Å². The lowest BCUT2D eigenvalue weighted by Gasteiger charge is -2.14. The molecule has 0 saturated heterocycles. The molecule has 176 valence electrons. The number of halogens is 1. The predicted molar refractivity (Wildman–Crippen MR) is 139 cm³/mol. The Morgan fingerprint density at radius 2 is 1.77 bits per heavy atom. The van der Waals surface area contributed by atoms with Crippen LogP contribution in [-0.4, -0.2) is 18.7 Å². The Morgan fingerprint density at radius 3 is 2.54 bits per heavy atom. The maximum atomic E-state index is 13.9. The lowest BCUT2D eigenvalue weighted by atomic mass is 9.97. The molecule has 0 amide bonds. The van der Waals surface area contributed by atoms with E-state index in [0.29, 0.717) is 17.8 Å². The molecule has 0 bridgehead atoms. The number of aryl methyl sites for hydroxylation is 1. The second-order valence-electron chi connectivity index (χ2n) is 8.01. The molecule has 6 nitrogen and oxygen atoms in total. The molecule has 0 aliphatic carbocycles. The second-order valence-corrected chi connectivity index (χ2v) is 9.57. The summed E-state index contributed by atoms with van der Waals surface area (Å²) >= 11 is -0.775. The van der Waals surface area contributed by atoms with Crippen molar-refractivity contribution in [3.63, 3.8) is 0 Å². The number of hydrogen-bond acceptors (Lipinski definition) is 6. The van der Waals surface area contributed by atoms with E-state index in [1.165, 1.54) is 6.07 Å². The molecule has 2 N–H and O–H groups in total. The van der Waals surface area contributed by atoms with Crippen molar-refractivity contribution in [1.29, 1.82) is 0 Å². The van der Waals surface area contributed by atoms with Crippen molar-refractivity contribution < 1.29 is 13.2 Å². The number of benzene rings is 3. The highest BCUT2D eigenvalue weighted by Gasteiger charge is 2.13. The van der Waals surface area contributed by atoms with Gasteiger partial charge in [-0.1, -0.05) is 18.2 Å². The van der Waals surface area contributed by atoms with E-state index in [1.54, 1.807) is 42.7 Å². The lowest BCUT2D eigenvalue weighted by molar-refractivity contribution is 0.542. The Morgan fingerprint density at radius 1 is 0.971 bits per heavy atom. The molecular formula is C26H20FN4O2S2-. The number of pyridine rings is 1. The minimum atomic E-state index is -2.35. The summed E-state index contributed by atoms with van der Waals surface area (Å²) in [6.45, 7) is 2.28. The van der Waals surface area contributed by atoms with Crippen LogP contribution in [0.1, 0.15) is 11.1 Å². The largest absolute Gasteiger partial charge is 0.755 e. The van der Waals surface area contributed by atoms with Crippen molar-refractivity contribution in [3.8, 4) is 22.4 Å². The molecule has 0 fully saturated rings. The maximum absolute atomic E-state index is 13.9. The average molecular weight is 504 g/mol. The van der Waals surface area contributed by atoms with Gasteiger partial charge in [-0.3, -0.25) is 9.19 Å². The first-order valence-electron chi connectivity index (χ1n) is 10.8. The Balaban J connectivity index is 1.48. The molecule has 1 unspecified atom stereocenters. The number of nitrogens with zero attached hydrogens (tertiary/aromatic N) is 2. The van der Waals surface area contributed by atoms with E-state index in [4.69, 9.17) is 4.98 Å². The molecule has 5 rings (SSSR count). The first-order chi connectivity index (χ1) is 17.0. The fraction of sp³-hybridized carbons (Fsp3) is 0.0769. The van der Waals surface area contributed by atoms with Gasteiger partial charge < -0.3 is 14.6 Å². The van der Waals surface area contributed by atoms with Crippen LogP contribution in [0.15, 0.2) is 78.4 Å². The third-order valence-electron chi connectivity index (χ3n) is 5.61. The summed E-state index contributed by atoms with van der Waals surface area (Å²) in [6.07, 6.45) is 1.76. The number of thiazole rings is 1. The standard InChI is InChI=1S/C26H21FN4O2S2/c1-16-10-19(4-8-23(16)27)26-22(18-5-9-24-25(11-18)34-15-30-24)12-21(14-29-26)28-13-17-2-6-20(7-3-17)31-35(32)33/h2-12,14-15,28,31H,13H2,1H3,(H,32,33)/p-1. The molecule has 0 aliphatic heterocycles. The van der Waals surface area contributed by atoms with Gasteiger partial charge in [0.05, 0.1) is 33.3 Å². The summed E-state index contributed by atoms with van der Waals surface area (Å²) in [4.78, 5) is 9.12. The number of nitrogens with one attached hydrogen (secondary N) is 2. The van der Waals surface area contributed by atoms with Gasteiger partial charge in [-0.25, -0.2) is 9.37 Å². The van der Waals surface area contributed by atoms with Crippen molar-refractivity contribution in [1.82, 2.24) is 9.97 Å². The number of hydrogen-bond donors (Lipinski definition) is 2. The van der Waals surface area contributed by atoms with Gasteiger partial charge in [0.25, 0.3) is 0 Å². The van der Waals surface area contributed by atoms with E-state index in [0.717, 1.165) is 43.9 Å². The molecule has 2 heterocycles. The highest BCUT2D eigenvalue weighted by Crippen LogP contribution is 2.35. The minimum Gasteiger partial charge on any atom is -0.755 e. The second kappa shape index (κ2) is 9.91. The van der Waals surface area contributed by atoms with E-state index in [1.807, 2.05) is 41.9 Å². The number of fused-ring (bicyclic) bond motifs is 1. The van der Waals surface area contributed by atoms with Gasteiger partial charge in [0.1, 0.15) is 5.82 Å². The topological polar surface area (TPSA) is 90.0 Å². The monoisotopic (exact) mass is 503 g/mol. The average Bonchev–Trinajstić information content (AvgIpc) is 3.33. The van der Waals surface area contributed by atoms with E-state index in [9.17, 15) is 13.2 Å². The Kier molecular flexibility index (Phi) is 6.54. The van der Waals surface area contributed by atoms with Gasteiger partial charge in [-0.15, -0.1) is 11.3 Å². The summed E-state index contributed by atoms with van der Waals surface area (Å²) in [5, 5.41) is 3.39. The first kappa shape index (κ1) is 23.1. The van der Waals surface area contributed by atoms with E-state index in [2.05, 4.69) is 21.1 Å². The third kappa shape index (κ3) is 5.22. The van der Waals surface area contributed by atoms with Crippen LogP contribution in [-0.2, 0) is 17.8 Å². The molecule has 3 aromatic carbocycles. The molecule has 0 saturated carbocycles. The zero-order chi connectivity index (χ0) is 24.4. The molecule has 9 heteroatoms. The van der Waals surface area contributed by atoms with Crippen molar-refractivity contribution >= 4 is 44.2 Å². The summed E-state index contributed by atoms with van der Waals surface area (Å²) < 4.78 is 38.9. The predicted octanol–water partition coefficient (Wildman–Crippen LogP) is 6.29. The van der Waals surface area contributed by atoms with Crippen LogP contribution in [0, 0.1) is 12.7 Å². The van der Waals surface area contributed by atoms with Crippen molar-refractivity contribution in [2.45, 2.75) is 13.5 Å². The van der Waals surface area contributed by atoms with Crippen LogP contribution in [0.25, 0.3) is 32.6 Å². The lowest BCUT2D eigenvalue weighted by Crippen LogP contribution is -2.03. The molecule has 35 heavy (non-hydrogen) atoms. The third-order valence-corrected chi connectivity index (χ3v) is 6.81. The van der Waals surface area contributed by atoms with Crippen LogP contribution in [0.3, 0.4) is 0 Å². The van der Waals surface area contributed by atoms with Crippen molar-refractivity contribution in [3.05, 3.63) is 95.4 Å². The maximum Gasteiger partial charge on any atom is 0.126 e. The van der Waals surface area contributed by atoms with Gasteiger partial charge in [-0.2, -0.15) is 0 Å². The van der Waals surface area contributed by atoms with Gasteiger partial charge in [0.15, 0.2) is 0 Å². The number of aromatic nitrogens is 2. The SMILES string of the molecule is Cc1cc(-c2ncc(NCc3ccc(NS(=O)[O-])cc3)cc2-c2ccc3ncsc3c2)ccc1F. The molecule has 1 atom stereocenters. The Labute approximate surface area is 208 Å². The smallest absolute Gasteiger partial charge is 0.126 e. The van der Waals surface area contributed by atoms with Crippen LogP contribution >= 0.6 is 11.3 Å². The summed E-state index contributed by atoms with van der Waals surface area (Å²) in [5.74, 6) is -0.248. The molecule has 0 spiro atoms. The summed E-state index contributed by atoms with van der Waals surface area (Å²) in [5.41, 5.74) is 9.18. The van der Waals surface area contributed by atoms with Crippen LogP contribution in [0.4, 0.5) is 15.8 Å².